The van der Waals surface area contributed by atoms with Crippen LogP contribution in [-0.2, 0) is 11.3 Å². The highest BCUT2D eigenvalue weighted by Gasteiger charge is 2.35. The molecule has 3 rings (SSSR count). The number of rotatable bonds is 4. The smallest absolute Gasteiger partial charge is 0.240 e. The Balaban J connectivity index is 0.00000176. The summed E-state index contributed by atoms with van der Waals surface area (Å²) in [6.07, 6.45) is 6.32. The molecule has 0 spiro atoms. The summed E-state index contributed by atoms with van der Waals surface area (Å²) in [6, 6.07) is 3.91. The second kappa shape index (κ2) is 7.26. The van der Waals surface area contributed by atoms with E-state index in [1.165, 1.54) is 6.42 Å². The third kappa shape index (κ3) is 3.69. The minimum absolute atomic E-state index is 0. The standard InChI is InChI=1S/C15H19N3O2S.ClH/c16-15(6-2-1-3-7-15)14(19)17-9-11-10-20-13(18-11)12-5-4-8-21-12;/h4-5,8,10H,1-3,6-7,9,16H2,(H,17,19);1H. The minimum atomic E-state index is -0.710. The van der Waals surface area contributed by atoms with Gasteiger partial charge in [0.2, 0.25) is 11.8 Å². The van der Waals surface area contributed by atoms with E-state index in [1.54, 1.807) is 17.6 Å². The summed E-state index contributed by atoms with van der Waals surface area (Å²) in [4.78, 5) is 17.6. The number of thiophene rings is 1. The van der Waals surface area contributed by atoms with Gasteiger partial charge in [-0.25, -0.2) is 4.98 Å². The maximum absolute atomic E-state index is 12.2. The number of aromatic nitrogens is 1. The molecule has 0 saturated heterocycles. The molecule has 2 aromatic heterocycles. The van der Waals surface area contributed by atoms with Crippen LogP contribution in [0.4, 0.5) is 0 Å². The lowest BCUT2D eigenvalue weighted by Crippen LogP contribution is -2.54. The summed E-state index contributed by atoms with van der Waals surface area (Å²) in [5, 5.41) is 4.86. The molecular weight excluding hydrogens is 322 g/mol. The number of amides is 1. The molecule has 3 N–H and O–H groups in total. The molecule has 0 atom stereocenters. The number of carbonyl (C=O) groups is 1. The summed E-state index contributed by atoms with van der Waals surface area (Å²) >= 11 is 1.57. The number of nitrogens with two attached hydrogens (primary N) is 1. The predicted octanol–water partition coefficient (Wildman–Crippen LogP) is 3.10. The summed E-state index contributed by atoms with van der Waals surface area (Å²) < 4.78 is 5.43. The van der Waals surface area contributed by atoms with E-state index in [4.69, 9.17) is 10.2 Å². The fourth-order valence-corrected chi connectivity index (χ4v) is 3.31. The first-order valence-corrected chi connectivity index (χ1v) is 8.11. The third-order valence-corrected chi connectivity index (χ3v) is 4.77. The van der Waals surface area contributed by atoms with E-state index in [9.17, 15) is 4.79 Å². The van der Waals surface area contributed by atoms with Crippen molar-refractivity contribution in [2.75, 3.05) is 0 Å². The van der Waals surface area contributed by atoms with Gasteiger partial charge < -0.3 is 15.5 Å². The zero-order valence-electron chi connectivity index (χ0n) is 12.2. The molecule has 0 bridgehead atoms. The third-order valence-electron chi connectivity index (χ3n) is 3.91. The summed E-state index contributed by atoms with van der Waals surface area (Å²) in [6.45, 7) is 0.354. The molecule has 5 nitrogen and oxygen atoms in total. The molecule has 1 amide bonds. The fraction of sp³-hybridized carbons (Fsp3) is 0.467. The maximum atomic E-state index is 12.2. The van der Waals surface area contributed by atoms with Crippen LogP contribution in [0.1, 0.15) is 37.8 Å². The van der Waals surface area contributed by atoms with Crippen molar-refractivity contribution in [1.82, 2.24) is 10.3 Å². The molecule has 1 aliphatic carbocycles. The summed E-state index contributed by atoms with van der Waals surface area (Å²) in [5.41, 5.74) is 6.20. The van der Waals surface area contributed by atoms with Gasteiger partial charge in [-0.3, -0.25) is 4.79 Å². The van der Waals surface area contributed by atoms with E-state index < -0.39 is 5.54 Å². The highest BCUT2D eigenvalue weighted by atomic mass is 35.5. The van der Waals surface area contributed by atoms with Gasteiger partial charge in [0, 0.05) is 0 Å². The number of halogens is 1. The fourth-order valence-electron chi connectivity index (χ4n) is 2.66. The van der Waals surface area contributed by atoms with Crippen LogP contribution in [0, 0.1) is 0 Å². The zero-order chi connectivity index (χ0) is 14.7. The number of hydrogen-bond acceptors (Lipinski definition) is 5. The molecule has 2 heterocycles. The Morgan fingerprint density at radius 1 is 1.41 bits per heavy atom. The first-order chi connectivity index (χ1) is 10.2. The monoisotopic (exact) mass is 341 g/mol. The summed E-state index contributed by atoms with van der Waals surface area (Å²) in [5.74, 6) is 0.511. The Kier molecular flexibility index (Phi) is 5.61. The van der Waals surface area contributed by atoms with E-state index in [2.05, 4.69) is 10.3 Å². The van der Waals surface area contributed by atoms with E-state index in [-0.39, 0.29) is 18.3 Å². The molecule has 0 aromatic carbocycles. The van der Waals surface area contributed by atoms with Crippen molar-refractivity contribution in [1.29, 1.82) is 0 Å². The predicted molar refractivity (Wildman–Crippen MR) is 88.9 cm³/mol. The van der Waals surface area contributed by atoms with Crippen LogP contribution in [0.3, 0.4) is 0 Å². The van der Waals surface area contributed by atoms with Crippen LogP contribution in [0.25, 0.3) is 10.8 Å². The van der Waals surface area contributed by atoms with Crippen molar-refractivity contribution < 1.29 is 9.21 Å². The van der Waals surface area contributed by atoms with Crippen molar-refractivity contribution in [3.63, 3.8) is 0 Å². The van der Waals surface area contributed by atoms with Crippen LogP contribution in [-0.4, -0.2) is 16.4 Å². The molecule has 1 aliphatic rings. The van der Waals surface area contributed by atoms with Crippen molar-refractivity contribution >= 4 is 29.7 Å². The average molecular weight is 342 g/mol. The highest BCUT2D eigenvalue weighted by molar-refractivity contribution is 7.13. The lowest BCUT2D eigenvalue weighted by molar-refractivity contribution is -0.127. The Bertz CT molecular complexity index is 606. The topological polar surface area (TPSA) is 81.2 Å². The molecule has 0 aliphatic heterocycles. The molecule has 2 aromatic rings. The minimum Gasteiger partial charge on any atom is -0.443 e. The van der Waals surface area contributed by atoms with Gasteiger partial charge in [-0.1, -0.05) is 25.3 Å². The van der Waals surface area contributed by atoms with Crippen molar-refractivity contribution in [3.8, 4) is 10.8 Å². The molecule has 0 radical (unpaired) electrons. The maximum Gasteiger partial charge on any atom is 0.240 e. The molecule has 1 saturated carbocycles. The Hall–Kier alpha value is -1.37. The SMILES string of the molecule is Cl.NC1(C(=O)NCc2coc(-c3cccs3)n2)CCCCC1. The Morgan fingerprint density at radius 2 is 2.18 bits per heavy atom. The van der Waals surface area contributed by atoms with Gasteiger partial charge in [0.25, 0.3) is 0 Å². The second-order valence-electron chi connectivity index (χ2n) is 5.52. The van der Waals surface area contributed by atoms with Gasteiger partial charge in [0.15, 0.2) is 0 Å². The van der Waals surface area contributed by atoms with Gasteiger partial charge in [0.1, 0.15) is 6.26 Å². The molecule has 1 fully saturated rings. The van der Waals surface area contributed by atoms with E-state index in [0.29, 0.717) is 18.1 Å². The van der Waals surface area contributed by atoms with E-state index in [1.807, 2.05) is 17.5 Å². The molecule has 7 heteroatoms. The molecular formula is C15H20ClN3O2S. The molecule has 0 unspecified atom stereocenters. The largest absolute Gasteiger partial charge is 0.443 e. The van der Waals surface area contributed by atoms with Gasteiger partial charge in [-0.15, -0.1) is 23.7 Å². The Labute approximate surface area is 139 Å². The average Bonchev–Trinajstić information content (AvgIpc) is 3.16. The van der Waals surface area contributed by atoms with Gasteiger partial charge in [-0.05, 0) is 24.3 Å². The van der Waals surface area contributed by atoms with Gasteiger partial charge >= 0.3 is 0 Å². The van der Waals surface area contributed by atoms with E-state index in [0.717, 1.165) is 30.6 Å². The van der Waals surface area contributed by atoms with Gasteiger partial charge in [-0.2, -0.15) is 0 Å². The van der Waals surface area contributed by atoms with Crippen molar-refractivity contribution in [2.24, 2.45) is 5.73 Å². The molecule has 22 heavy (non-hydrogen) atoms. The number of nitrogens with zero attached hydrogens (tertiary/aromatic N) is 1. The van der Waals surface area contributed by atoms with Crippen molar-refractivity contribution in [2.45, 2.75) is 44.2 Å². The normalized spacial score (nSPS) is 16.8. The first kappa shape index (κ1) is 17.0. The van der Waals surface area contributed by atoms with Crippen molar-refractivity contribution in [3.05, 3.63) is 29.5 Å². The van der Waals surface area contributed by atoms with Crippen LogP contribution in [0.15, 0.2) is 28.2 Å². The van der Waals surface area contributed by atoms with Gasteiger partial charge in [0.05, 0.1) is 22.7 Å². The lowest BCUT2D eigenvalue weighted by Gasteiger charge is -2.31. The summed E-state index contributed by atoms with van der Waals surface area (Å²) in [7, 11) is 0. The first-order valence-electron chi connectivity index (χ1n) is 7.23. The number of hydrogen-bond donors (Lipinski definition) is 2. The zero-order valence-corrected chi connectivity index (χ0v) is 13.8. The van der Waals surface area contributed by atoms with E-state index >= 15 is 0 Å². The van der Waals surface area contributed by atoms with Crippen LogP contribution in [0.5, 0.6) is 0 Å². The number of carbonyl (C=O) groups excluding carboxylic acids is 1. The highest BCUT2D eigenvalue weighted by Crippen LogP contribution is 2.26. The van der Waals surface area contributed by atoms with Crippen LogP contribution >= 0.6 is 23.7 Å². The number of oxazole rings is 1. The lowest BCUT2D eigenvalue weighted by atomic mass is 9.82. The van der Waals surface area contributed by atoms with Crippen LogP contribution < -0.4 is 11.1 Å². The number of nitrogens with one attached hydrogen (secondary N) is 1. The van der Waals surface area contributed by atoms with Crippen LogP contribution in [0.2, 0.25) is 0 Å². The quantitative estimate of drug-likeness (QED) is 0.895. The second-order valence-corrected chi connectivity index (χ2v) is 6.47. The Morgan fingerprint density at radius 3 is 2.86 bits per heavy atom. The molecule has 120 valence electrons.